The van der Waals surface area contributed by atoms with E-state index in [4.69, 9.17) is 9.47 Å². The number of hydrogen-bond acceptors (Lipinski definition) is 2. The van der Waals surface area contributed by atoms with Gasteiger partial charge in [-0.05, 0) is 61.7 Å². The van der Waals surface area contributed by atoms with Gasteiger partial charge in [-0.1, -0.05) is 13.8 Å². The Morgan fingerprint density at radius 3 is 2.59 bits per heavy atom. The number of nitrogens with one attached hydrogen (secondary N) is 1. The zero-order valence-corrected chi connectivity index (χ0v) is 14.5. The summed E-state index contributed by atoms with van der Waals surface area (Å²) in [6.07, 6.45) is 11.5. The molecule has 0 aromatic carbocycles. The minimum atomic E-state index is 0.0744. The maximum Gasteiger partial charge on any atom is 0.159 e. The molecule has 4 rings (SSSR count). The Bertz CT molecular complexity index is 404. The number of ether oxygens (including phenoxy) is 2. The molecule has 4 atom stereocenters. The van der Waals surface area contributed by atoms with Crippen molar-refractivity contribution in [3.63, 3.8) is 0 Å². The zero-order chi connectivity index (χ0) is 15.2. The molecule has 0 aromatic rings. The van der Waals surface area contributed by atoms with E-state index in [1.807, 2.05) is 0 Å². The number of likely N-dealkylation sites (tertiary alicyclic amines) is 1. The molecule has 2 aliphatic carbocycles. The van der Waals surface area contributed by atoms with Crippen molar-refractivity contribution in [3.05, 3.63) is 0 Å². The molecule has 0 spiro atoms. The van der Waals surface area contributed by atoms with Crippen LogP contribution in [0.4, 0.5) is 0 Å². The number of fused-ring (bicyclic) bond motifs is 2. The predicted molar refractivity (Wildman–Crippen MR) is 86.8 cm³/mol. The highest BCUT2D eigenvalue weighted by molar-refractivity contribution is 5.06. The minimum Gasteiger partial charge on any atom is -0.350 e. The molecule has 0 radical (unpaired) electrons. The topological polar surface area (TPSA) is 22.9 Å². The van der Waals surface area contributed by atoms with E-state index in [1.54, 1.807) is 4.90 Å². The standard InChI is InChI=1S/C19H33NO2/c1-18(2)10-15-6-7-19(18,11-15)12-17-21-14-16(22-17)13-20-8-4-3-5-9-20/h15-17H,3-14H2,1-2H3/p+1/t15-,16+,17-,19+/m1/s1. The number of hydrogen-bond donors (Lipinski definition) is 1. The number of rotatable bonds is 4. The molecule has 0 aromatic heterocycles. The SMILES string of the molecule is CC1(C)C[C@H]2CC[C@@]1(C[C@@H]1OC[C@H](C[NH+]3CCCCC3)O1)C2. The van der Waals surface area contributed by atoms with Crippen LogP contribution in [0, 0.1) is 16.7 Å². The van der Waals surface area contributed by atoms with Gasteiger partial charge >= 0.3 is 0 Å². The van der Waals surface area contributed by atoms with Gasteiger partial charge in [0, 0.05) is 6.42 Å². The van der Waals surface area contributed by atoms with Crippen molar-refractivity contribution in [1.82, 2.24) is 0 Å². The largest absolute Gasteiger partial charge is 0.350 e. The van der Waals surface area contributed by atoms with E-state index in [0.717, 1.165) is 25.5 Å². The lowest BCUT2D eigenvalue weighted by atomic mass is 9.63. The third kappa shape index (κ3) is 2.74. The molecule has 2 aliphatic heterocycles. The van der Waals surface area contributed by atoms with Crippen LogP contribution in [-0.4, -0.2) is 38.6 Å². The molecular weight excluding hydrogens is 274 g/mol. The van der Waals surface area contributed by atoms with Crippen LogP contribution in [0.3, 0.4) is 0 Å². The fourth-order valence-electron chi connectivity index (χ4n) is 6.04. The van der Waals surface area contributed by atoms with Crippen LogP contribution < -0.4 is 4.90 Å². The highest BCUT2D eigenvalue weighted by Gasteiger charge is 2.57. The van der Waals surface area contributed by atoms with Crippen LogP contribution in [0.5, 0.6) is 0 Å². The van der Waals surface area contributed by atoms with E-state index in [-0.39, 0.29) is 6.29 Å². The molecule has 3 nitrogen and oxygen atoms in total. The second-order valence-electron chi connectivity index (χ2n) is 9.22. The van der Waals surface area contributed by atoms with E-state index < -0.39 is 0 Å². The summed E-state index contributed by atoms with van der Waals surface area (Å²) in [5.74, 6) is 0.977. The molecule has 126 valence electrons. The van der Waals surface area contributed by atoms with Gasteiger partial charge in [0.2, 0.25) is 0 Å². The fraction of sp³-hybridized carbons (Fsp3) is 1.00. The van der Waals surface area contributed by atoms with Crippen molar-refractivity contribution < 1.29 is 14.4 Å². The van der Waals surface area contributed by atoms with Crippen molar-refractivity contribution in [2.24, 2.45) is 16.7 Å². The first-order valence-corrected chi connectivity index (χ1v) is 9.67. The van der Waals surface area contributed by atoms with Gasteiger partial charge < -0.3 is 14.4 Å². The molecular formula is C19H34NO2+. The lowest BCUT2D eigenvalue weighted by molar-refractivity contribution is -0.907. The molecule has 0 unspecified atom stereocenters. The average molecular weight is 308 g/mol. The Labute approximate surface area is 135 Å². The van der Waals surface area contributed by atoms with Gasteiger partial charge in [0.1, 0.15) is 12.6 Å². The summed E-state index contributed by atoms with van der Waals surface area (Å²) in [7, 11) is 0. The van der Waals surface area contributed by atoms with E-state index in [9.17, 15) is 0 Å². The molecule has 4 aliphatic rings. The van der Waals surface area contributed by atoms with E-state index >= 15 is 0 Å². The third-order valence-electron chi connectivity index (χ3n) is 7.39. The summed E-state index contributed by atoms with van der Waals surface area (Å²) in [5.41, 5.74) is 0.980. The molecule has 2 saturated carbocycles. The molecule has 1 N–H and O–H groups in total. The van der Waals surface area contributed by atoms with Gasteiger partial charge in [-0.25, -0.2) is 0 Å². The van der Waals surface area contributed by atoms with Crippen LogP contribution in [-0.2, 0) is 9.47 Å². The Balaban J connectivity index is 1.31. The van der Waals surface area contributed by atoms with Crippen molar-refractivity contribution in [2.45, 2.75) is 77.6 Å². The summed E-state index contributed by atoms with van der Waals surface area (Å²) < 4.78 is 12.4. The first-order valence-electron chi connectivity index (χ1n) is 9.67. The van der Waals surface area contributed by atoms with Crippen molar-refractivity contribution in [2.75, 3.05) is 26.2 Å². The van der Waals surface area contributed by atoms with Gasteiger partial charge in [-0.15, -0.1) is 0 Å². The fourth-order valence-corrected chi connectivity index (χ4v) is 6.04. The molecule has 2 saturated heterocycles. The number of quaternary nitrogens is 1. The van der Waals surface area contributed by atoms with Crippen LogP contribution in [0.1, 0.15) is 65.2 Å². The van der Waals surface area contributed by atoms with Gasteiger partial charge in [-0.3, -0.25) is 0 Å². The monoisotopic (exact) mass is 308 g/mol. The van der Waals surface area contributed by atoms with E-state index in [1.165, 1.54) is 58.0 Å². The molecule has 2 bridgehead atoms. The Morgan fingerprint density at radius 2 is 1.91 bits per heavy atom. The minimum absolute atomic E-state index is 0.0744. The van der Waals surface area contributed by atoms with Crippen molar-refractivity contribution in [3.8, 4) is 0 Å². The summed E-state index contributed by atoms with van der Waals surface area (Å²) in [6, 6.07) is 0. The first kappa shape index (κ1) is 15.4. The Morgan fingerprint density at radius 1 is 1.09 bits per heavy atom. The average Bonchev–Trinajstić information content (AvgIpc) is 3.14. The predicted octanol–water partition coefficient (Wildman–Crippen LogP) is 2.40. The number of piperidine rings is 1. The van der Waals surface area contributed by atoms with Crippen LogP contribution in [0.2, 0.25) is 0 Å². The van der Waals surface area contributed by atoms with Crippen LogP contribution >= 0.6 is 0 Å². The second-order valence-corrected chi connectivity index (χ2v) is 9.22. The molecule has 3 heteroatoms. The summed E-state index contributed by atoms with van der Waals surface area (Å²) in [4.78, 5) is 1.74. The lowest BCUT2D eigenvalue weighted by Gasteiger charge is -2.43. The highest BCUT2D eigenvalue weighted by atomic mass is 16.7. The lowest BCUT2D eigenvalue weighted by Crippen LogP contribution is -3.13. The van der Waals surface area contributed by atoms with Gasteiger partial charge in [-0.2, -0.15) is 0 Å². The molecule has 2 heterocycles. The maximum absolute atomic E-state index is 6.32. The normalized spacial score (nSPS) is 44.7. The van der Waals surface area contributed by atoms with Crippen molar-refractivity contribution >= 4 is 0 Å². The van der Waals surface area contributed by atoms with E-state index in [0.29, 0.717) is 16.9 Å². The quantitative estimate of drug-likeness (QED) is 0.862. The van der Waals surface area contributed by atoms with Gasteiger partial charge in [0.15, 0.2) is 6.29 Å². The summed E-state index contributed by atoms with van der Waals surface area (Å²) in [6.45, 7) is 9.63. The van der Waals surface area contributed by atoms with Gasteiger partial charge in [0.25, 0.3) is 0 Å². The van der Waals surface area contributed by atoms with E-state index in [2.05, 4.69) is 13.8 Å². The van der Waals surface area contributed by atoms with Gasteiger partial charge in [0.05, 0.1) is 19.7 Å². The molecule has 22 heavy (non-hydrogen) atoms. The smallest absolute Gasteiger partial charge is 0.159 e. The summed E-state index contributed by atoms with van der Waals surface area (Å²) >= 11 is 0. The van der Waals surface area contributed by atoms with Crippen molar-refractivity contribution in [1.29, 1.82) is 0 Å². The third-order valence-corrected chi connectivity index (χ3v) is 7.39. The first-order chi connectivity index (χ1) is 10.6. The highest BCUT2D eigenvalue weighted by Crippen LogP contribution is 2.66. The van der Waals surface area contributed by atoms with Crippen LogP contribution in [0.15, 0.2) is 0 Å². The maximum atomic E-state index is 6.32. The zero-order valence-electron chi connectivity index (χ0n) is 14.5. The molecule has 0 amide bonds. The second kappa shape index (κ2) is 5.75. The van der Waals surface area contributed by atoms with Crippen LogP contribution in [0.25, 0.3) is 0 Å². The Hall–Kier alpha value is -0.120. The summed E-state index contributed by atoms with van der Waals surface area (Å²) in [5, 5.41) is 0. The Kier molecular flexibility index (Phi) is 4.03. The molecule has 4 fully saturated rings.